The SMILES string of the molecule is CCC1(C(=O)N(CCO)Cc2ccccc2)CCNC1. The highest BCUT2D eigenvalue weighted by atomic mass is 16.3. The maximum absolute atomic E-state index is 12.9. The number of nitrogens with zero attached hydrogens (tertiary/aromatic N) is 1. The van der Waals surface area contributed by atoms with Gasteiger partial charge in [-0.05, 0) is 24.9 Å². The molecule has 0 spiro atoms. The zero-order valence-corrected chi connectivity index (χ0v) is 12.1. The van der Waals surface area contributed by atoms with Crippen LogP contribution in [0.4, 0.5) is 0 Å². The van der Waals surface area contributed by atoms with E-state index in [9.17, 15) is 9.90 Å². The number of carbonyl (C=O) groups is 1. The normalized spacial score (nSPS) is 21.9. The van der Waals surface area contributed by atoms with Crippen molar-refractivity contribution < 1.29 is 9.90 Å². The molecule has 1 fully saturated rings. The zero-order valence-electron chi connectivity index (χ0n) is 12.1. The molecule has 0 radical (unpaired) electrons. The predicted molar refractivity (Wildman–Crippen MR) is 79.2 cm³/mol. The van der Waals surface area contributed by atoms with Gasteiger partial charge in [0.2, 0.25) is 5.91 Å². The molecule has 0 aliphatic carbocycles. The number of nitrogens with one attached hydrogen (secondary N) is 1. The van der Waals surface area contributed by atoms with E-state index < -0.39 is 0 Å². The third kappa shape index (κ3) is 3.19. The molecule has 1 saturated heterocycles. The van der Waals surface area contributed by atoms with Crippen molar-refractivity contribution in [2.24, 2.45) is 5.41 Å². The van der Waals surface area contributed by atoms with E-state index >= 15 is 0 Å². The van der Waals surface area contributed by atoms with Gasteiger partial charge in [0.15, 0.2) is 0 Å². The van der Waals surface area contributed by atoms with Crippen LogP contribution < -0.4 is 5.32 Å². The Morgan fingerprint density at radius 3 is 2.70 bits per heavy atom. The fourth-order valence-corrected chi connectivity index (χ4v) is 2.89. The first kappa shape index (κ1) is 15.0. The van der Waals surface area contributed by atoms with Gasteiger partial charge in [0, 0.05) is 19.6 Å². The van der Waals surface area contributed by atoms with Gasteiger partial charge >= 0.3 is 0 Å². The van der Waals surface area contributed by atoms with Gasteiger partial charge in [0.25, 0.3) is 0 Å². The summed E-state index contributed by atoms with van der Waals surface area (Å²) in [5.74, 6) is 0.169. The molecule has 110 valence electrons. The number of aliphatic hydroxyl groups is 1. The molecule has 0 bridgehead atoms. The molecule has 2 rings (SSSR count). The highest BCUT2D eigenvalue weighted by Gasteiger charge is 2.41. The van der Waals surface area contributed by atoms with Gasteiger partial charge in [-0.1, -0.05) is 37.3 Å². The average molecular weight is 276 g/mol. The van der Waals surface area contributed by atoms with E-state index in [1.165, 1.54) is 0 Å². The standard InChI is InChI=1S/C16H24N2O2/c1-2-16(8-9-17-13-16)15(20)18(10-11-19)12-14-6-4-3-5-7-14/h3-7,17,19H,2,8-13H2,1H3. The maximum Gasteiger partial charge on any atom is 0.230 e. The summed E-state index contributed by atoms with van der Waals surface area (Å²) in [5, 5.41) is 12.5. The van der Waals surface area contributed by atoms with Crippen molar-refractivity contribution in [3.63, 3.8) is 0 Å². The lowest BCUT2D eigenvalue weighted by Gasteiger charge is -2.33. The van der Waals surface area contributed by atoms with Gasteiger partial charge in [-0.25, -0.2) is 0 Å². The van der Waals surface area contributed by atoms with E-state index in [4.69, 9.17) is 0 Å². The predicted octanol–water partition coefficient (Wildman–Crippen LogP) is 1.40. The molecule has 20 heavy (non-hydrogen) atoms. The van der Waals surface area contributed by atoms with Gasteiger partial charge in [-0.2, -0.15) is 0 Å². The lowest BCUT2D eigenvalue weighted by atomic mass is 9.82. The van der Waals surface area contributed by atoms with Crippen molar-refractivity contribution in [2.45, 2.75) is 26.3 Å². The van der Waals surface area contributed by atoms with Gasteiger partial charge in [0.1, 0.15) is 0 Å². The van der Waals surface area contributed by atoms with Crippen LogP contribution >= 0.6 is 0 Å². The smallest absolute Gasteiger partial charge is 0.230 e. The van der Waals surface area contributed by atoms with Crippen molar-refractivity contribution in [2.75, 3.05) is 26.2 Å². The van der Waals surface area contributed by atoms with E-state index in [-0.39, 0.29) is 17.9 Å². The summed E-state index contributed by atoms with van der Waals surface area (Å²) in [7, 11) is 0. The van der Waals surface area contributed by atoms with Crippen molar-refractivity contribution in [3.8, 4) is 0 Å². The zero-order chi connectivity index (χ0) is 14.4. The molecule has 1 aromatic carbocycles. The van der Waals surface area contributed by atoms with Crippen LogP contribution in [-0.2, 0) is 11.3 Å². The summed E-state index contributed by atoms with van der Waals surface area (Å²) < 4.78 is 0. The van der Waals surface area contributed by atoms with E-state index in [1.807, 2.05) is 30.3 Å². The molecule has 0 aromatic heterocycles. The minimum absolute atomic E-state index is 0.00575. The Labute approximate surface area is 120 Å². The molecule has 4 heteroatoms. The number of hydrogen-bond acceptors (Lipinski definition) is 3. The van der Waals surface area contributed by atoms with Crippen LogP contribution in [0.1, 0.15) is 25.3 Å². The number of hydrogen-bond donors (Lipinski definition) is 2. The Hall–Kier alpha value is -1.39. The Balaban J connectivity index is 2.13. The molecule has 1 atom stereocenters. The molecule has 1 amide bonds. The van der Waals surface area contributed by atoms with Crippen LogP contribution in [0.3, 0.4) is 0 Å². The van der Waals surface area contributed by atoms with Crippen LogP contribution in [0.2, 0.25) is 0 Å². The molecule has 1 aliphatic heterocycles. The van der Waals surface area contributed by atoms with Crippen LogP contribution in [0.25, 0.3) is 0 Å². The van der Waals surface area contributed by atoms with E-state index in [0.29, 0.717) is 13.1 Å². The first-order valence-corrected chi connectivity index (χ1v) is 7.37. The van der Waals surface area contributed by atoms with Crippen LogP contribution in [0, 0.1) is 5.41 Å². The Kier molecular flexibility index (Phi) is 5.15. The second kappa shape index (κ2) is 6.86. The van der Waals surface area contributed by atoms with E-state index in [1.54, 1.807) is 4.90 Å². The summed E-state index contributed by atoms with van der Waals surface area (Å²) in [6.45, 7) is 4.70. The van der Waals surface area contributed by atoms with Crippen LogP contribution in [-0.4, -0.2) is 42.2 Å². The van der Waals surface area contributed by atoms with E-state index in [2.05, 4.69) is 12.2 Å². The Morgan fingerprint density at radius 2 is 2.15 bits per heavy atom. The lowest BCUT2D eigenvalue weighted by Crippen LogP contribution is -2.45. The largest absolute Gasteiger partial charge is 0.395 e. The third-order valence-electron chi connectivity index (χ3n) is 4.25. The maximum atomic E-state index is 12.9. The second-order valence-corrected chi connectivity index (χ2v) is 5.50. The highest BCUT2D eigenvalue weighted by Crippen LogP contribution is 2.32. The summed E-state index contributed by atoms with van der Waals surface area (Å²) in [6, 6.07) is 9.95. The number of carbonyl (C=O) groups excluding carboxylic acids is 1. The Bertz CT molecular complexity index is 427. The molecule has 1 heterocycles. The molecule has 1 aromatic rings. The quantitative estimate of drug-likeness (QED) is 0.826. The van der Waals surface area contributed by atoms with Crippen LogP contribution in [0.15, 0.2) is 30.3 Å². The van der Waals surface area contributed by atoms with Crippen LogP contribution in [0.5, 0.6) is 0 Å². The van der Waals surface area contributed by atoms with Crippen molar-refractivity contribution in [1.29, 1.82) is 0 Å². The summed E-state index contributed by atoms with van der Waals surface area (Å²) in [4.78, 5) is 14.7. The van der Waals surface area contributed by atoms with Gasteiger partial charge in [0.05, 0.1) is 12.0 Å². The topological polar surface area (TPSA) is 52.6 Å². The summed E-state index contributed by atoms with van der Waals surface area (Å²) >= 11 is 0. The highest BCUT2D eigenvalue weighted by molar-refractivity contribution is 5.83. The first-order valence-electron chi connectivity index (χ1n) is 7.37. The first-order chi connectivity index (χ1) is 9.72. The molecule has 1 unspecified atom stereocenters. The number of aliphatic hydroxyl groups excluding tert-OH is 1. The van der Waals surface area contributed by atoms with Crippen molar-refractivity contribution >= 4 is 5.91 Å². The Morgan fingerprint density at radius 1 is 1.40 bits per heavy atom. The van der Waals surface area contributed by atoms with Gasteiger partial charge < -0.3 is 15.3 Å². The monoisotopic (exact) mass is 276 g/mol. The molecule has 4 nitrogen and oxygen atoms in total. The van der Waals surface area contributed by atoms with E-state index in [0.717, 1.165) is 31.5 Å². The minimum Gasteiger partial charge on any atom is -0.395 e. The van der Waals surface area contributed by atoms with Crippen molar-refractivity contribution in [3.05, 3.63) is 35.9 Å². The summed E-state index contributed by atoms with van der Waals surface area (Å²) in [6.07, 6.45) is 1.73. The third-order valence-corrected chi connectivity index (χ3v) is 4.25. The van der Waals surface area contributed by atoms with Crippen molar-refractivity contribution in [1.82, 2.24) is 10.2 Å². The number of rotatable bonds is 6. The molecule has 0 saturated carbocycles. The molecule has 2 N–H and O–H groups in total. The minimum atomic E-state index is -0.288. The molecule has 1 aliphatic rings. The molecular weight excluding hydrogens is 252 g/mol. The second-order valence-electron chi connectivity index (χ2n) is 5.50. The fraction of sp³-hybridized carbons (Fsp3) is 0.562. The number of amides is 1. The average Bonchev–Trinajstić information content (AvgIpc) is 2.97. The number of benzene rings is 1. The van der Waals surface area contributed by atoms with Gasteiger partial charge in [-0.3, -0.25) is 4.79 Å². The fourth-order valence-electron chi connectivity index (χ4n) is 2.89. The molecular formula is C16H24N2O2. The van der Waals surface area contributed by atoms with Gasteiger partial charge in [-0.15, -0.1) is 0 Å². The summed E-state index contributed by atoms with van der Waals surface area (Å²) in [5.41, 5.74) is 0.816. The lowest BCUT2D eigenvalue weighted by molar-refractivity contribution is -0.142.